The number of carboxylic acid groups (broad SMARTS) is 1. The zero-order valence-corrected chi connectivity index (χ0v) is 41.3. The average molecular weight is 875 g/mol. The van der Waals surface area contributed by atoms with Gasteiger partial charge in [-0.1, -0.05) is 211 Å². The van der Waals surface area contributed by atoms with Gasteiger partial charge in [-0.05, 0) is 44.9 Å². The third kappa shape index (κ3) is 42.8. The van der Waals surface area contributed by atoms with Crippen molar-refractivity contribution in [2.45, 2.75) is 251 Å². The summed E-state index contributed by atoms with van der Waals surface area (Å²) < 4.78 is 17.4. The van der Waals surface area contributed by atoms with Crippen LogP contribution in [0.15, 0.2) is 36.5 Å². The van der Waals surface area contributed by atoms with Crippen LogP contribution in [0.2, 0.25) is 0 Å². The van der Waals surface area contributed by atoms with Gasteiger partial charge in [0.15, 0.2) is 12.1 Å². The lowest BCUT2D eigenvalue weighted by Crippen LogP contribution is -2.50. The van der Waals surface area contributed by atoms with Gasteiger partial charge in [0, 0.05) is 19.3 Å². The first-order valence-electron chi connectivity index (χ1n) is 26.0. The molecule has 1 N–H and O–H groups in total. The van der Waals surface area contributed by atoms with Crippen LogP contribution >= 0.6 is 0 Å². The van der Waals surface area contributed by atoms with Crippen LogP contribution in [0.5, 0.6) is 0 Å². The third-order valence-electron chi connectivity index (χ3n) is 11.8. The van der Waals surface area contributed by atoms with Gasteiger partial charge < -0.3 is 23.8 Å². The molecule has 0 aliphatic heterocycles. The predicted molar refractivity (Wildman–Crippen MR) is 261 cm³/mol. The topological polar surface area (TPSA) is 99.1 Å². The molecule has 0 spiro atoms. The summed E-state index contributed by atoms with van der Waals surface area (Å²) in [6, 6.07) is -0.614. The van der Waals surface area contributed by atoms with Gasteiger partial charge >= 0.3 is 17.9 Å². The summed E-state index contributed by atoms with van der Waals surface area (Å²) in [6.07, 6.45) is 53.3. The van der Waals surface area contributed by atoms with Crippen LogP contribution in [0, 0.1) is 0 Å². The Morgan fingerprint density at radius 3 is 1.34 bits per heavy atom. The monoisotopic (exact) mass is 875 g/mol. The number of rotatable bonds is 47. The fraction of sp³-hybridized carbons (Fsp3) is 0.833. The van der Waals surface area contributed by atoms with Crippen LogP contribution in [-0.2, 0) is 28.6 Å². The maximum atomic E-state index is 12.8. The molecular weight excluding hydrogens is 775 g/mol. The fourth-order valence-electron chi connectivity index (χ4n) is 7.81. The molecule has 0 heterocycles. The Balaban J connectivity index is 4.21. The van der Waals surface area contributed by atoms with Crippen molar-refractivity contribution < 1.29 is 38.2 Å². The number of carbonyl (C=O) groups is 3. The molecule has 2 unspecified atom stereocenters. The van der Waals surface area contributed by atoms with Crippen molar-refractivity contribution in [2.24, 2.45) is 0 Å². The van der Waals surface area contributed by atoms with Crippen LogP contribution in [0.1, 0.15) is 239 Å². The maximum absolute atomic E-state index is 12.8. The molecule has 8 heteroatoms. The number of allylic oxidation sites excluding steroid dienone is 6. The molecule has 0 aromatic rings. The van der Waals surface area contributed by atoms with Crippen molar-refractivity contribution in [1.82, 2.24) is 0 Å². The van der Waals surface area contributed by atoms with Gasteiger partial charge in [-0.3, -0.25) is 9.59 Å². The zero-order valence-electron chi connectivity index (χ0n) is 41.3. The minimum absolute atomic E-state index is 0.0504. The third-order valence-corrected chi connectivity index (χ3v) is 11.8. The second-order valence-corrected chi connectivity index (χ2v) is 18.8. The van der Waals surface area contributed by atoms with E-state index in [0.717, 1.165) is 57.8 Å². The summed E-state index contributed by atoms with van der Waals surface area (Å²) in [6.45, 7) is 4.66. The molecule has 0 bridgehead atoms. The minimum Gasteiger partial charge on any atom is -0.477 e. The summed E-state index contributed by atoms with van der Waals surface area (Å²) in [5.74, 6) is -1.46. The maximum Gasteiger partial charge on any atom is 0.362 e. The van der Waals surface area contributed by atoms with Gasteiger partial charge in [0.05, 0.1) is 34.4 Å². The van der Waals surface area contributed by atoms with E-state index in [0.29, 0.717) is 19.3 Å². The lowest BCUT2D eigenvalue weighted by atomic mass is 10.0. The first kappa shape index (κ1) is 59.5. The van der Waals surface area contributed by atoms with Gasteiger partial charge in [0.1, 0.15) is 6.61 Å². The molecule has 0 aliphatic rings. The lowest BCUT2D eigenvalue weighted by Gasteiger charge is -2.31. The Labute approximate surface area is 383 Å². The lowest BCUT2D eigenvalue weighted by molar-refractivity contribution is -0.887. The molecule has 62 heavy (non-hydrogen) atoms. The number of unbranched alkanes of at least 4 members (excludes halogenated alkanes) is 27. The Morgan fingerprint density at radius 1 is 0.500 bits per heavy atom. The number of nitrogens with zero attached hydrogens (tertiary/aromatic N) is 1. The summed E-state index contributed by atoms with van der Waals surface area (Å²) in [4.78, 5) is 37.2. The van der Waals surface area contributed by atoms with Gasteiger partial charge in [0.2, 0.25) is 0 Å². The van der Waals surface area contributed by atoms with Gasteiger partial charge in [-0.25, -0.2) is 4.79 Å². The molecule has 362 valence electrons. The van der Waals surface area contributed by atoms with Crippen molar-refractivity contribution in [3.05, 3.63) is 36.5 Å². The standard InChI is InChI=1S/C54H99NO7/c1-6-8-10-12-14-16-18-20-22-24-26-28-30-32-34-36-38-40-42-44-52(56)61-49-50(48-60-47-46-51(54(58)59)55(3,4)5)62-53(57)45-43-41-39-37-35-33-31-29-27-25-23-21-19-17-15-13-11-9-7-2/h8,10,14,16,20,22,50-51H,6-7,9,11-13,15,17-19,21,23-49H2,1-5H3/p+1/b10-8+,16-14+,22-20+. The molecule has 0 saturated heterocycles. The fourth-order valence-corrected chi connectivity index (χ4v) is 7.81. The molecule has 0 radical (unpaired) electrons. The number of carboxylic acids is 1. The predicted octanol–water partition coefficient (Wildman–Crippen LogP) is 15.0. The molecule has 0 fully saturated rings. The number of ether oxygens (including phenoxy) is 3. The summed E-state index contributed by atoms with van der Waals surface area (Å²) in [7, 11) is 5.54. The summed E-state index contributed by atoms with van der Waals surface area (Å²) in [5.41, 5.74) is 0. The van der Waals surface area contributed by atoms with Crippen molar-refractivity contribution >= 4 is 17.9 Å². The van der Waals surface area contributed by atoms with E-state index in [1.165, 1.54) is 148 Å². The Kier molecular flexibility index (Phi) is 43.3. The largest absolute Gasteiger partial charge is 0.477 e. The first-order valence-corrected chi connectivity index (χ1v) is 26.0. The van der Waals surface area contributed by atoms with Crippen molar-refractivity contribution in [3.63, 3.8) is 0 Å². The van der Waals surface area contributed by atoms with E-state index in [-0.39, 0.29) is 36.2 Å². The summed E-state index contributed by atoms with van der Waals surface area (Å²) in [5, 5.41) is 9.66. The van der Waals surface area contributed by atoms with Crippen molar-refractivity contribution in [1.29, 1.82) is 0 Å². The number of likely N-dealkylation sites (N-methyl/N-ethyl adjacent to an activating group) is 1. The Morgan fingerprint density at radius 2 is 0.903 bits per heavy atom. The average Bonchev–Trinajstić information content (AvgIpc) is 3.23. The van der Waals surface area contributed by atoms with E-state index in [9.17, 15) is 19.5 Å². The van der Waals surface area contributed by atoms with Crippen LogP contribution in [0.4, 0.5) is 0 Å². The highest BCUT2D eigenvalue weighted by atomic mass is 16.6. The molecule has 0 rings (SSSR count). The highest BCUT2D eigenvalue weighted by Gasteiger charge is 2.31. The number of quaternary nitrogens is 1. The second-order valence-electron chi connectivity index (χ2n) is 18.8. The number of aliphatic carboxylic acids is 1. The van der Waals surface area contributed by atoms with Crippen LogP contribution in [0.25, 0.3) is 0 Å². The Bertz CT molecular complexity index is 1110. The van der Waals surface area contributed by atoms with Crippen LogP contribution < -0.4 is 0 Å². The summed E-state index contributed by atoms with van der Waals surface area (Å²) >= 11 is 0. The minimum atomic E-state index is -0.873. The van der Waals surface area contributed by atoms with E-state index in [1.807, 2.05) is 21.1 Å². The highest BCUT2D eigenvalue weighted by Crippen LogP contribution is 2.16. The smallest absolute Gasteiger partial charge is 0.362 e. The molecule has 0 aliphatic carbocycles. The normalized spacial score (nSPS) is 13.1. The van der Waals surface area contributed by atoms with Crippen molar-refractivity contribution in [3.8, 4) is 0 Å². The first-order chi connectivity index (χ1) is 30.1. The Hall–Kier alpha value is -2.45. The van der Waals surface area contributed by atoms with Gasteiger partial charge in [-0.15, -0.1) is 0 Å². The van der Waals surface area contributed by atoms with E-state index in [4.69, 9.17) is 14.2 Å². The molecular formula is C54H100NO7+. The molecule has 0 aromatic heterocycles. The van der Waals surface area contributed by atoms with E-state index < -0.39 is 18.1 Å². The second kappa shape index (κ2) is 45.1. The van der Waals surface area contributed by atoms with Crippen molar-refractivity contribution in [2.75, 3.05) is 41.0 Å². The number of hydrogen-bond donors (Lipinski definition) is 1. The molecule has 0 amide bonds. The molecule has 0 saturated carbocycles. The number of carbonyl (C=O) groups excluding carboxylic acids is 2. The SMILES string of the molecule is CC/C=C/C/C=C/C/C=C/CCCCCCCCCCCC(=O)OCC(COCCC(C(=O)O)[N+](C)(C)C)OC(=O)CCCCCCCCCCCCCCCCCCCCC. The molecule has 8 nitrogen and oxygen atoms in total. The zero-order chi connectivity index (χ0) is 45.6. The van der Waals surface area contributed by atoms with E-state index >= 15 is 0 Å². The molecule has 2 atom stereocenters. The highest BCUT2D eigenvalue weighted by molar-refractivity contribution is 5.72. The van der Waals surface area contributed by atoms with Crippen LogP contribution in [-0.4, -0.2) is 80.6 Å². The van der Waals surface area contributed by atoms with Gasteiger partial charge in [-0.2, -0.15) is 0 Å². The quantitative estimate of drug-likeness (QED) is 0.0281. The van der Waals surface area contributed by atoms with E-state index in [2.05, 4.69) is 50.3 Å². The van der Waals surface area contributed by atoms with E-state index in [1.54, 1.807) is 0 Å². The number of hydrogen-bond acceptors (Lipinski definition) is 6. The molecule has 0 aromatic carbocycles. The van der Waals surface area contributed by atoms with Gasteiger partial charge in [0.25, 0.3) is 0 Å². The number of esters is 2. The van der Waals surface area contributed by atoms with Crippen LogP contribution in [0.3, 0.4) is 0 Å².